The molecule has 2 aromatic heterocycles. The second-order valence-electron chi connectivity index (χ2n) is 7.21. The lowest BCUT2D eigenvalue weighted by atomic mass is 10.2. The second-order valence-corrected chi connectivity index (χ2v) is 7.59. The average molecular weight is 443 g/mol. The zero-order valence-corrected chi connectivity index (χ0v) is 18.7. The van der Waals surface area contributed by atoms with E-state index in [1.54, 1.807) is 9.13 Å². The highest BCUT2D eigenvalue weighted by Gasteiger charge is 2.21. The standard InChI is InChI=1S/C23H27ClN4O3/c1-4-12-26-19-21(27(13-5-2)23(30)28(14-6-3)22(19)29)25-20(26)17-9-7-10-18(16-17)31-15-8-11-24/h1,7,9-10,16H,5-6,8,11-15H2,2-3H3. The van der Waals surface area contributed by atoms with Gasteiger partial charge in [0.2, 0.25) is 0 Å². The van der Waals surface area contributed by atoms with Crippen LogP contribution in [0.15, 0.2) is 33.9 Å². The fourth-order valence-corrected chi connectivity index (χ4v) is 3.68. The Morgan fingerprint density at radius 2 is 1.87 bits per heavy atom. The second kappa shape index (κ2) is 10.4. The Kier molecular flexibility index (Phi) is 7.59. The fourth-order valence-electron chi connectivity index (χ4n) is 3.57. The molecule has 31 heavy (non-hydrogen) atoms. The Morgan fingerprint density at radius 1 is 1.13 bits per heavy atom. The number of hydrogen-bond acceptors (Lipinski definition) is 4. The van der Waals surface area contributed by atoms with Gasteiger partial charge in [-0.15, -0.1) is 18.0 Å². The Hall–Kier alpha value is -2.98. The predicted molar refractivity (Wildman–Crippen MR) is 124 cm³/mol. The first-order valence-corrected chi connectivity index (χ1v) is 11.1. The molecule has 3 aromatic rings. The van der Waals surface area contributed by atoms with Crippen molar-refractivity contribution in [2.24, 2.45) is 0 Å². The van der Waals surface area contributed by atoms with Crippen molar-refractivity contribution >= 4 is 22.8 Å². The van der Waals surface area contributed by atoms with Crippen LogP contribution in [0.25, 0.3) is 22.6 Å². The van der Waals surface area contributed by atoms with Crippen molar-refractivity contribution in [3.8, 4) is 29.5 Å². The number of nitrogens with zero attached hydrogens (tertiary/aromatic N) is 4. The van der Waals surface area contributed by atoms with E-state index < -0.39 is 0 Å². The van der Waals surface area contributed by atoms with Gasteiger partial charge in [0.05, 0.1) is 13.2 Å². The molecular formula is C23H27ClN4O3. The van der Waals surface area contributed by atoms with E-state index in [4.69, 9.17) is 27.7 Å². The molecule has 8 heteroatoms. The molecule has 0 atom stereocenters. The normalized spacial score (nSPS) is 11.0. The molecule has 0 N–H and O–H groups in total. The number of hydrogen-bond donors (Lipinski definition) is 0. The maximum Gasteiger partial charge on any atom is 0.332 e. The number of aryl methyl sites for hydroxylation is 1. The van der Waals surface area contributed by atoms with Crippen LogP contribution in [0, 0.1) is 12.3 Å². The summed E-state index contributed by atoms with van der Waals surface area (Å²) in [6.07, 6.45) is 7.77. The molecular weight excluding hydrogens is 416 g/mol. The molecule has 0 unspecified atom stereocenters. The van der Waals surface area contributed by atoms with Crippen molar-refractivity contribution in [3.63, 3.8) is 0 Å². The Balaban J connectivity index is 2.27. The van der Waals surface area contributed by atoms with Crippen molar-refractivity contribution in [1.82, 2.24) is 18.7 Å². The van der Waals surface area contributed by atoms with E-state index in [-0.39, 0.29) is 17.8 Å². The number of ether oxygens (including phenoxy) is 1. The molecule has 0 fully saturated rings. The molecule has 0 aliphatic rings. The molecule has 7 nitrogen and oxygen atoms in total. The first-order chi connectivity index (χ1) is 15.1. The van der Waals surface area contributed by atoms with Crippen LogP contribution in [0.4, 0.5) is 0 Å². The van der Waals surface area contributed by atoms with Crippen LogP contribution in [0.1, 0.15) is 33.1 Å². The SMILES string of the molecule is C#CCn1c(-c2cccc(OCCCCl)c2)nc2c1c(=O)n(CCC)c(=O)n2CCC. The lowest BCUT2D eigenvalue weighted by Gasteiger charge is -2.11. The number of aromatic nitrogens is 4. The van der Waals surface area contributed by atoms with E-state index in [9.17, 15) is 9.59 Å². The first kappa shape index (κ1) is 22.7. The topological polar surface area (TPSA) is 71.1 Å². The molecule has 0 aliphatic carbocycles. The van der Waals surface area contributed by atoms with Gasteiger partial charge in [-0.3, -0.25) is 13.9 Å². The van der Waals surface area contributed by atoms with Gasteiger partial charge in [-0.1, -0.05) is 31.9 Å². The van der Waals surface area contributed by atoms with Crippen LogP contribution in [-0.4, -0.2) is 31.2 Å². The van der Waals surface area contributed by atoms with Crippen molar-refractivity contribution in [2.75, 3.05) is 12.5 Å². The van der Waals surface area contributed by atoms with Crippen LogP contribution < -0.4 is 16.0 Å². The van der Waals surface area contributed by atoms with Crippen LogP contribution in [0.5, 0.6) is 5.75 Å². The van der Waals surface area contributed by atoms with E-state index in [0.717, 1.165) is 18.4 Å². The highest BCUT2D eigenvalue weighted by molar-refractivity contribution is 6.17. The highest BCUT2D eigenvalue weighted by atomic mass is 35.5. The van der Waals surface area contributed by atoms with E-state index in [1.807, 2.05) is 38.1 Å². The summed E-state index contributed by atoms with van der Waals surface area (Å²) in [5, 5.41) is 0. The predicted octanol–water partition coefficient (Wildman–Crippen LogP) is 3.49. The minimum Gasteiger partial charge on any atom is -0.494 e. The molecule has 0 saturated carbocycles. The molecule has 0 aliphatic heterocycles. The van der Waals surface area contributed by atoms with E-state index in [2.05, 4.69) is 5.92 Å². The number of fused-ring (bicyclic) bond motifs is 1. The fraction of sp³-hybridized carbons (Fsp3) is 0.435. The summed E-state index contributed by atoms with van der Waals surface area (Å²) in [7, 11) is 0. The van der Waals surface area contributed by atoms with Crippen LogP contribution in [0.2, 0.25) is 0 Å². The smallest absolute Gasteiger partial charge is 0.332 e. The zero-order chi connectivity index (χ0) is 22.4. The molecule has 0 spiro atoms. The van der Waals surface area contributed by atoms with E-state index >= 15 is 0 Å². The van der Waals surface area contributed by atoms with Crippen molar-refractivity contribution < 1.29 is 4.74 Å². The third kappa shape index (κ3) is 4.54. The molecule has 3 rings (SSSR count). The van der Waals surface area contributed by atoms with Crippen LogP contribution in [-0.2, 0) is 19.6 Å². The average Bonchev–Trinajstić information content (AvgIpc) is 3.14. The quantitative estimate of drug-likeness (QED) is 0.274. The third-order valence-electron chi connectivity index (χ3n) is 4.90. The molecule has 0 radical (unpaired) electrons. The van der Waals surface area contributed by atoms with Gasteiger partial charge in [-0.25, -0.2) is 9.78 Å². The molecule has 0 bridgehead atoms. The lowest BCUT2D eigenvalue weighted by molar-refractivity contribution is 0.318. The number of halogens is 1. The van der Waals surface area contributed by atoms with Gasteiger partial charge < -0.3 is 9.30 Å². The number of terminal acetylenes is 1. The third-order valence-corrected chi connectivity index (χ3v) is 5.16. The maximum atomic E-state index is 13.3. The van der Waals surface area contributed by atoms with Crippen molar-refractivity contribution in [1.29, 1.82) is 0 Å². The minimum absolute atomic E-state index is 0.162. The summed E-state index contributed by atoms with van der Waals surface area (Å²) in [6, 6.07) is 7.46. The Labute approximate surface area is 186 Å². The maximum absolute atomic E-state index is 13.3. The van der Waals surface area contributed by atoms with Crippen LogP contribution in [0.3, 0.4) is 0 Å². The molecule has 164 valence electrons. The summed E-state index contributed by atoms with van der Waals surface area (Å²) >= 11 is 5.73. The Bertz CT molecular complexity index is 1220. The summed E-state index contributed by atoms with van der Waals surface area (Å²) in [5.74, 6) is 4.35. The first-order valence-electron chi connectivity index (χ1n) is 10.5. The van der Waals surface area contributed by atoms with Gasteiger partial charge in [-0.05, 0) is 31.4 Å². The monoisotopic (exact) mass is 442 g/mol. The summed E-state index contributed by atoms with van der Waals surface area (Å²) in [4.78, 5) is 31.0. The number of alkyl halides is 1. The molecule has 0 saturated heterocycles. The lowest BCUT2D eigenvalue weighted by Crippen LogP contribution is -2.40. The largest absolute Gasteiger partial charge is 0.494 e. The summed E-state index contributed by atoms with van der Waals surface area (Å²) in [6.45, 7) is 5.39. The van der Waals surface area contributed by atoms with E-state index in [0.29, 0.717) is 54.7 Å². The van der Waals surface area contributed by atoms with Crippen molar-refractivity contribution in [2.45, 2.75) is 52.7 Å². The van der Waals surface area contributed by atoms with Gasteiger partial charge in [0.1, 0.15) is 11.6 Å². The van der Waals surface area contributed by atoms with Gasteiger partial charge in [-0.2, -0.15) is 0 Å². The zero-order valence-electron chi connectivity index (χ0n) is 17.9. The van der Waals surface area contributed by atoms with Gasteiger partial charge in [0.15, 0.2) is 11.2 Å². The highest BCUT2D eigenvalue weighted by Crippen LogP contribution is 2.26. The minimum atomic E-state index is -0.363. The van der Waals surface area contributed by atoms with E-state index in [1.165, 1.54) is 4.57 Å². The Morgan fingerprint density at radius 3 is 2.55 bits per heavy atom. The number of imidazole rings is 1. The number of benzene rings is 1. The van der Waals surface area contributed by atoms with Gasteiger partial charge in [0, 0.05) is 24.5 Å². The summed E-state index contributed by atoms with van der Waals surface area (Å²) in [5.41, 5.74) is 0.770. The van der Waals surface area contributed by atoms with Crippen LogP contribution >= 0.6 is 11.6 Å². The van der Waals surface area contributed by atoms with Gasteiger partial charge >= 0.3 is 5.69 Å². The summed E-state index contributed by atoms with van der Waals surface area (Å²) < 4.78 is 10.3. The molecule has 2 heterocycles. The molecule has 1 aromatic carbocycles. The molecule has 0 amide bonds. The van der Waals surface area contributed by atoms with Gasteiger partial charge in [0.25, 0.3) is 5.56 Å². The van der Waals surface area contributed by atoms with Crippen molar-refractivity contribution in [3.05, 3.63) is 45.1 Å². The number of rotatable bonds is 10.